The molecule has 2 fully saturated rings. The molecule has 0 bridgehead atoms. The second kappa shape index (κ2) is 9.91. The molecule has 0 aromatic rings. The first kappa shape index (κ1) is 18.2. The maximum atomic E-state index is 12.4. The van der Waals surface area contributed by atoms with Crippen LogP contribution in [0.1, 0.15) is 71.1 Å². The Morgan fingerprint density at radius 3 is 2.35 bits per heavy atom. The number of hydrogen-bond donors (Lipinski definition) is 2. The highest BCUT2D eigenvalue weighted by Crippen LogP contribution is 2.18. The maximum Gasteiger partial charge on any atom is 0.242 e. The standard InChI is InChI=1S/C18H33N3O2/c1-2-17(22)21-14-8-7-11-16(21)18(23)20-13-12-19-15-9-5-3-4-6-10-15/h15-16,19H,2-14H2,1H3,(H,20,23). The van der Waals surface area contributed by atoms with E-state index >= 15 is 0 Å². The molecule has 0 aromatic heterocycles. The zero-order valence-electron chi connectivity index (χ0n) is 14.6. The van der Waals surface area contributed by atoms with Gasteiger partial charge in [-0.3, -0.25) is 9.59 Å². The predicted octanol–water partition coefficient (Wildman–Crippen LogP) is 2.21. The highest BCUT2D eigenvalue weighted by molar-refractivity contribution is 5.87. The molecule has 132 valence electrons. The summed E-state index contributed by atoms with van der Waals surface area (Å²) in [5.74, 6) is 0.121. The van der Waals surface area contributed by atoms with Gasteiger partial charge in [-0.2, -0.15) is 0 Å². The number of hydrogen-bond acceptors (Lipinski definition) is 3. The van der Waals surface area contributed by atoms with Crippen LogP contribution in [0, 0.1) is 0 Å². The van der Waals surface area contributed by atoms with Crippen LogP contribution < -0.4 is 10.6 Å². The van der Waals surface area contributed by atoms with Gasteiger partial charge in [0.2, 0.25) is 11.8 Å². The van der Waals surface area contributed by atoms with E-state index in [4.69, 9.17) is 0 Å². The minimum Gasteiger partial charge on any atom is -0.353 e. The summed E-state index contributed by atoms with van der Waals surface area (Å²) in [6.45, 7) is 4.07. The summed E-state index contributed by atoms with van der Waals surface area (Å²) in [5, 5.41) is 6.59. The molecule has 5 heteroatoms. The van der Waals surface area contributed by atoms with E-state index in [0.29, 0.717) is 19.0 Å². The highest BCUT2D eigenvalue weighted by Gasteiger charge is 2.30. The fourth-order valence-electron chi connectivity index (χ4n) is 3.77. The molecule has 0 aromatic carbocycles. The Morgan fingerprint density at radius 2 is 1.65 bits per heavy atom. The number of amides is 2. The zero-order valence-corrected chi connectivity index (χ0v) is 14.6. The summed E-state index contributed by atoms with van der Waals surface area (Å²) in [6.07, 6.45) is 11.2. The third kappa shape index (κ3) is 5.79. The van der Waals surface area contributed by atoms with Gasteiger partial charge in [0.25, 0.3) is 0 Å². The summed E-state index contributed by atoms with van der Waals surface area (Å²) in [6, 6.07) is 0.358. The van der Waals surface area contributed by atoms with Crippen molar-refractivity contribution in [2.45, 2.75) is 83.2 Å². The van der Waals surface area contributed by atoms with E-state index in [0.717, 1.165) is 32.4 Å². The van der Waals surface area contributed by atoms with Crippen molar-refractivity contribution in [3.05, 3.63) is 0 Å². The fourth-order valence-corrected chi connectivity index (χ4v) is 3.77. The molecule has 1 aliphatic heterocycles. The lowest BCUT2D eigenvalue weighted by atomic mass is 10.0. The molecule has 0 spiro atoms. The fraction of sp³-hybridized carbons (Fsp3) is 0.889. The Balaban J connectivity index is 1.69. The van der Waals surface area contributed by atoms with Crippen LogP contribution in [0.4, 0.5) is 0 Å². The Morgan fingerprint density at radius 1 is 0.957 bits per heavy atom. The van der Waals surface area contributed by atoms with E-state index in [-0.39, 0.29) is 17.9 Å². The molecule has 1 unspecified atom stereocenters. The third-order valence-electron chi connectivity index (χ3n) is 5.14. The lowest BCUT2D eigenvalue weighted by Crippen LogP contribution is -2.52. The van der Waals surface area contributed by atoms with Crippen LogP contribution in [0.15, 0.2) is 0 Å². The average molecular weight is 323 g/mol. The molecule has 1 saturated heterocycles. The van der Waals surface area contributed by atoms with Crippen molar-refractivity contribution in [2.75, 3.05) is 19.6 Å². The van der Waals surface area contributed by atoms with E-state index in [2.05, 4.69) is 10.6 Å². The molecule has 1 atom stereocenters. The molecular weight excluding hydrogens is 290 g/mol. The normalized spacial score (nSPS) is 23.3. The Hall–Kier alpha value is -1.10. The van der Waals surface area contributed by atoms with Gasteiger partial charge in [0, 0.05) is 32.1 Å². The Bertz CT molecular complexity index is 378. The van der Waals surface area contributed by atoms with Gasteiger partial charge in [-0.25, -0.2) is 0 Å². The lowest BCUT2D eigenvalue weighted by Gasteiger charge is -2.34. The van der Waals surface area contributed by atoms with Gasteiger partial charge in [0.1, 0.15) is 6.04 Å². The van der Waals surface area contributed by atoms with Crippen LogP contribution in [0.3, 0.4) is 0 Å². The molecule has 2 aliphatic rings. The monoisotopic (exact) mass is 323 g/mol. The first-order chi connectivity index (χ1) is 11.2. The van der Waals surface area contributed by atoms with Gasteiger partial charge in [0.15, 0.2) is 0 Å². The maximum absolute atomic E-state index is 12.4. The largest absolute Gasteiger partial charge is 0.353 e. The van der Waals surface area contributed by atoms with Crippen LogP contribution in [0.25, 0.3) is 0 Å². The molecule has 23 heavy (non-hydrogen) atoms. The minimum atomic E-state index is -0.255. The van der Waals surface area contributed by atoms with Crippen molar-refractivity contribution in [1.82, 2.24) is 15.5 Å². The molecule has 2 N–H and O–H groups in total. The number of nitrogens with zero attached hydrogens (tertiary/aromatic N) is 1. The molecule has 2 rings (SSSR count). The van der Waals surface area contributed by atoms with E-state index in [1.165, 1.54) is 38.5 Å². The summed E-state index contributed by atoms with van der Waals surface area (Å²) in [4.78, 5) is 26.2. The van der Waals surface area contributed by atoms with Crippen LogP contribution in [-0.2, 0) is 9.59 Å². The van der Waals surface area contributed by atoms with E-state index in [9.17, 15) is 9.59 Å². The van der Waals surface area contributed by atoms with Gasteiger partial charge in [-0.15, -0.1) is 0 Å². The van der Waals surface area contributed by atoms with Crippen LogP contribution in [0.2, 0.25) is 0 Å². The van der Waals surface area contributed by atoms with Gasteiger partial charge < -0.3 is 15.5 Å². The summed E-state index contributed by atoms with van der Waals surface area (Å²) < 4.78 is 0. The lowest BCUT2D eigenvalue weighted by molar-refractivity contribution is -0.142. The van der Waals surface area contributed by atoms with Crippen molar-refractivity contribution < 1.29 is 9.59 Å². The van der Waals surface area contributed by atoms with Crippen LogP contribution in [-0.4, -0.2) is 48.4 Å². The van der Waals surface area contributed by atoms with Crippen LogP contribution in [0.5, 0.6) is 0 Å². The van der Waals surface area contributed by atoms with Gasteiger partial charge in [-0.05, 0) is 32.1 Å². The molecule has 0 radical (unpaired) electrons. The van der Waals surface area contributed by atoms with E-state index in [1.54, 1.807) is 4.90 Å². The van der Waals surface area contributed by atoms with Crippen molar-refractivity contribution in [2.24, 2.45) is 0 Å². The van der Waals surface area contributed by atoms with Gasteiger partial charge in [0.05, 0.1) is 0 Å². The number of carbonyl (C=O) groups is 2. The topological polar surface area (TPSA) is 61.4 Å². The summed E-state index contributed by atoms with van der Waals surface area (Å²) in [7, 11) is 0. The number of rotatable bonds is 6. The summed E-state index contributed by atoms with van der Waals surface area (Å²) in [5.41, 5.74) is 0. The molecule has 1 aliphatic carbocycles. The van der Waals surface area contributed by atoms with Gasteiger partial charge in [-0.1, -0.05) is 32.6 Å². The molecule has 1 saturated carbocycles. The molecule has 2 amide bonds. The first-order valence-electron chi connectivity index (χ1n) is 9.53. The van der Waals surface area contributed by atoms with Crippen molar-refractivity contribution in [3.63, 3.8) is 0 Å². The predicted molar refractivity (Wildman–Crippen MR) is 92.1 cm³/mol. The van der Waals surface area contributed by atoms with Crippen LogP contribution >= 0.6 is 0 Å². The minimum absolute atomic E-state index is 0.0224. The molecule has 1 heterocycles. The highest BCUT2D eigenvalue weighted by atomic mass is 16.2. The Kier molecular flexibility index (Phi) is 7.86. The van der Waals surface area contributed by atoms with Crippen molar-refractivity contribution in [3.8, 4) is 0 Å². The first-order valence-corrected chi connectivity index (χ1v) is 9.53. The number of likely N-dealkylation sites (tertiary alicyclic amines) is 1. The van der Waals surface area contributed by atoms with Gasteiger partial charge >= 0.3 is 0 Å². The average Bonchev–Trinajstić information content (AvgIpc) is 2.86. The molecular formula is C18H33N3O2. The second-order valence-electron chi connectivity index (χ2n) is 6.89. The zero-order chi connectivity index (χ0) is 16.5. The second-order valence-corrected chi connectivity index (χ2v) is 6.89. The van der Waals surface area contributed by atoms with Crippen molar-refractivity contribution in [1.29, 1.82) is 0 Å². The SMILES string of the molecule is CCC(=O)N1CCCCC1C(=O)NCCNC1CCCCCC1. The van der Waals surface area contributed by atoms with E-state index < -0.39 is 0 Å². The number of piperidine rings is 1. The third-order valence-corrected chi connectivity index (χ3v) is 5.14. The smallest absolute Gasteiger partial charge is 0.242 e. The van der Waals surface area contributed by atoms with E-state index in [1.807, 2.05) is 6.92 Å². The quantitative estimate of drug-likeness (QED) is 0.582. The van der Waals surface area contributed by atoms with Crippen molar-refractivity contribution >= 4 is 11.8 Å². The molecule has 5 nitrogen and oxygen atoms in total. The summed E-state index contributed by atoms with van der Waals surface area (Å²) >= 11 is 0. The Labute approximate surface area is 140 Å². The number of nitrogens with one attached hydrogen (secondary N) is 2. The number of carbonyl (C=O) groups excluding carboxylic acids is 2.